The number of thiophene rings is 1. The number of aryl methyl sites for hydroxylation is 2. The number of primary sulfonamides is 1. The van der Waals surface area contributed by atoms with Crippen LogP contribution in [0, 0.1) is 0 Å². The van der Waals surface area contributed by atoms with Gasteiger partial charge in [0.2, 0.25) is 10.0 Å². The van der Waals surface area contributed by atoms with E-state index in [1.54, 1.807) is 15.9 Å². The summed E-state index contributed by atoms with van der Waals surface area (Å²) in [6.45, 7) is 2.80. The van der Waals surface area contributed by atoms with Crippen molar-refractivity contribution in [1.82, 2.24) is 9.55 Å². The van der Waals surface area contributed by atoms with Crippen molar-refractivity contribution >= 4 is 43.3 Å². The Hall–Kier alpha value is -0.900. The molecule has 1 aliphatic carbocycles. The van der Waals surface area contributed by atoms with Crippen LogP contribution in [0.1, 0.15) is 49.5 Å². The lowest BCUT2D eigenvalue weighted by Crippen LogP contribution is -2.24. The molecule has 1 aliphatic rings. The third-order valence-corrected chi connectivity index (χ3v) is 7.69. The van der Waals surface area contributed by atoms with Crippen LogP contribution in [0.5, 0.6) is 0 Å². The monoisotopic (exact) mass is 415 g/mol. The first-order valence-electron chi connectivity index (χ1n) is 9.09. The van der Waals surface area contributed by atoms with Crippen LogP contribution in [-0.4, -0.2) is 29.5 Å². The molecule has 6 nitrogen and oxygen atoms in total. The minimum Gasteiger partial charge on any atom is -0.287 e. The Kier molecular flexibility index (Phi) is 6.42. The highest BCUT2D eigenvalue weighted by Gasteiger charge is 2.23. The van der Waals surface area contributed by atoms with Crippen molar-refractivity contribution in [3.63, 3.8) is 0 Å². The Morgan fingerprint density at radius 3 is 2.81 bits per heavy atom. The molecule has 0 spiro atoms. The maximum atomic E-state index is 13.2. The summed E-state index contributed by atoms with van der Waals surface area (Å²) in [5.74, 6) is 0.531. The highest BCUT2D eigenvalue weighted by atomic mass is 32.2. The standard InChI is InChI=1S/C17H25N3O3S3/c1-2-3-4-9-20-16(21)14-12-7-5-8-13(12)25-15(14)19-17(20)24-10-6-11-26(18,22)23/h2-11H2,1H3,(H2,18,22,23). The molecular formula is C17H25N3O3S3. The first kappa shape index (κ1) is 19.9. The van der Waals surface area contributed by atoms with Crippen LogP contribution in [0.15, 0.2) is 9.95 Å². The molecule has 0 saturated heterocycles. The normalized spacial score (nSPS) is 14.2. The summed E-state index contributed by atoms with van der Waals surface area (Å²) >= 11 is 3.10. The molecule has 0 aromatic carbocycles. The van der Waals surface area contributed by atoms with E-state index in [0.717, 1.165) is 48.7 Å². The number of hydrogen-bond donors (Lipinski definition) is 1. The number of nitrogens with zero attached hydrogens (tertiary/aromatic N) is 2. The van der Waals surface area contributed by atoms with Crippen molar-refractivity contribution in [1.29, 1.82) is 0 Å². The summed E-state index contributed by atoms with van der Waals surface area (Å²) in [4.78, 5) is 20.1. The van der Waals surface area contributed by atoms with Crippen LogP contribution in [0.2, 0.25) is 0 Å². The Bertz CT molecular complexity index is 948. The van der Waals surface area contributed by atoms with Crippen LogP contribution < -0.4 is 10.7 Å². The second-order valence-electron chi connectivity index (χ2n) is 6.66. The van der Waals surface area contributed by atoms with Gasteiger partial charge in [0, 0.05) is 17.2 Å². The van der Waals surface area contributed by atoms with Gasteiger partial charge in [-0.05, 0) is 37.7 Å². The maximum Gasteiger partial charge on any atom is 0.263 e. The van der Waals surface area contributed by atoms with Crippen LogP contribution >= 0.6 is 23.1 Å². The zero-order chi connectivity index (χ0) is 18.7. The van der Waals surface area contributed by atoms with Gasteiger partial charge in [0.25, 0.3) is 5.56 Å². The van der Waals surface area contributed by atoms with Crippen LogP contribution in [0.4, 0.5) is 0 Å². The number of aromatic nitrogens is 2. The molecular weight excluding hydrogens is 390 g/mol. The maximum absolute atomic E-state index is 13.2. The number of fused-ring (bicyclic) bond motifs is 3. The summed E-state index contributed by atoms with van der Waals surface area (Å²) in [5, 5.41) is 6.57. The molecule has 2 heterocycles. The molecule has 2 N–H and O–H groups in total. The van der Waals surface area contributed by atoms with Gasteiger partial charge in [-0.2, -0.15) is 0 Å². The zero-order valence-electron chi connectivity index (χ0n) is 15.0. The van der Waals surface area contributed by atoms with Gasteiger partial charge in [0.15, 0.2) is 5.16 Å². The smallest absolute Gasteiger partial charge is 0.263 e. The van der Waals surface area contributed by atoms with Gasteiger partial charge >= 0.3 is 0 Å². The van der Waals surface area contributed by atoms with Crippen molar-refractivity contribution in [3.8, 4) is 0 Å². The van der Waals surface area contributed by atoms with Crippen molar-refractivity contribution in [2.75, 3.05) is 11.5 Å². The van der Waals surface area contributed by atoms with Crippen LogP contribution in [0.25, 0.3) is 10.2 Å². The number of hydrogen-bond acceptors (Lipinski definition) is 6. The van der Waals surface area contributed by atoms with Gasteiger partial charge in [-0.3, -0.25) is 9.36 Å². The average molecular weight is 416 g/mol. The van der Waals surface area contributed by atoms with E-state index in [2.05, 4.69) is 6.92 Å². The molecule has 0 saturated carbocycles. The van der Waals surface area contributed by atoms with Gasteiger partial charge in [-0.15, -0.1) is 11.3 Å². The number of unbranched alkanes of at least 4 members (excludes halogenated alkanes) is 2. The van der Waals surface area contributed by atoms with E-state index >= 15 is 0 Å². The molecule has 3 rings (SSSR count). The van der Waals surface area contributed by atoms with Crippen molar-refractivity contribution in [2.45, 2.75) is 63.6 Å². The Morgan fingerprint density at radius 1 is 1.27 bits per heavy atom. The predicted octanol–water partition coefficient (Wildman–Crippen LogP) is 2.91. The number of rotatable bonds is 9. The molecule has 2 aromatic rings. The van der Waals surface area contributed by atoms with E-state index in [0.29, 0.717) is 23.9 Å². The van der Waals surface area contributed by atoms with Crippen molar-refractivity contribution in [2.24, 2.45) is 5.14 Å². The lowest BCUT2D eigenvalue weighted by atomic mass is 10.2. The second kappa shape index (κ2) is 8.41. The van der Waals surface area contributed by atoms with E-state index in [1.165, 1.54) is 22.2 Å². The minimum absolute atomic E-state index is 0.0460. The largest absolute Gasteiger partial charge is 0.287 e. The lowest BCUT2D eigenvalue weighted by Gasteiger charge is -2.12. The quantitative estimate of drug-likeness (QED) is 0.386. The van der Waals surface area contributed by atoms with Crippen molar-refractivity contribution < 1.29 is 8.42 Å². The van der Waals surface area contributed by atoms with Crippen molar-refractivity contribution in [3.05, 3.63) is 20.8 Å². The predicted molar refractivity (Wildman–Crippen MR) is 109 cm³/mol. The summed E-state index contributed by atoms with van der Waals surface area (Å²) in [5.41, 5.74) is 1.27. The molecule has 0 aliphatic heterocycles. The topological polar surface area (TPSA) is 95.1 Å². The lowest BCUT2D eigenvalue weighted by molar-refractivity contribution is 0.542. The molecule has 0 bridgehead atoms. The number of sulfonamides is 1. The Morgan fingerprint density at radius 2 is 2.08 bits per heavy atom. The first-order valence-corrected chi connectivity index (χ1v) is 12.6. The second-order valence-corrected chi connectivity index (χ2v) is 10.5. The molecule has 0 radical (unpaired) electrons. The van der Waals surface area contributed by atoms with E-state index in [1.807, 2.05) is 0 Å². The summed E-state index contributed by atoms with van der Waals surface area (Å²) in [7, 11) is -3.45. The zero-order valence-corrected chi connectivity index (χ0v) is 17.4. The third-order valence-electron chi connectivity index (χ3n) is 4.58. The summed E-state index contributed by atoms with van der Waals surface area (Å²) < 4.78 is 24.0. The van der Waals surface area contributed by atoms with E-state index in [4.69, 9.17) is 10.1 Å². The minimum atomic E-state index is -3.45. The third kappa shape index (κ3) is 4.49. The molecule has 0 amide bonds. The van der Waals surface area contributed by atoms with Gasteiger partial charge in [-0.25, -0.2) is 18.5 Å². The van der Waals surface area contributed by atoms with Gasteiger partial charge < -0.3 is 0 Å². The van der Waals surface area contributed by atoms with Crippen LogP contribution in [-0.2, 0) is 29.4 Å². The van der Waals surface area contributed by atoms with E-state index in [9.17, 15) is 13.2 Å². The first-order chi connectivity index (χ1) is 12.4. The molecule has 26 heavy (non-hydrogen) atoms. The van der Waals surface area contributed by atoms with Crippen LogP contribution in [0.3, 0.4) is 0 Å². The Balaban J connectivity index is 1.89. The molecule has 9 heteroatoms. The van der Waals surface area contributed by atoms with Gasteiger partial charge in [0.1, 0.15) is 4.83 Å². The fourth-order valence-electron chi connectivity index (χ4n) is 3.31. The molecule has 144 valence electrons. The number of thioether (sulfide) groups is 1. The molecule has 0 unspecified atom stereocenters. The highest BCUT2D eigenvalue weighted by molar-refractivity contribution is 7.99. The van der Waals surface area contributed by atoms with Gasteiger partial charge in [-0.1, -0.05) is 31.5 Å². The Labute approximate surface area is 162 Å². The van der Waals surface area contributed by atoms with E-state index < -0.39 is 10.0 Å². The fraction of sp³-hybridized carbons (Fsp3) is 0.647. The molecule has 0 fully saturated rings. The molecule has 0 atom stereocenters. The average Bonchev–Trinajstić information content (AvgIpc) is 3.13. The highest BCUT2D eigenvalue weighted by Crippen LogP contribution is 2.35. The fourth-order valence-corrected chi connectivity index (χ4v) is 6.31. The van der Waals surface area contributed by atoms with E-state index in [-0.39, 0.29) is 11.3 Å². The summed E-state index contributed by atoms with van der Waals surface area (Å²) in [6, 6.07) is 0. The SMILES string of the molecule is CCCCCn1c(SCCCS(N)(=O)=O)nc2sc3c(c2c1=O)CCC3. The van der Waals surface area contributed by atoms with Gasteiger partial charge in [0.05, 0.1) is 11.1 Å². The number of nitrogens with two attached hydrogens (primary N) is 1. The molecule has 2 aromatic heterocycles. The summed E-state index contributed by atoms with van der Waals surface area (Å²) in [6.07, 6.45) is 6.70.